The number of nitrogens with zero attached hydrogens (tertiary/aromatic N) is 1. The molecule has 2 heterocycles. The summed E-state index contributed by atoms with van der Waals surface area (Å²) in [5, 5.41) is 27.4. The third-order valence-electron chi connectivity index (χ3n) is 7.68. The van der Waals surface area contributed by atoms with Gasteiger partial charge in [0, 0.05) is 45.4 Å². The molecule has 3 fully saturated rings. The van der Waals surface area contributed by atoms with Crippen molar-refractivity contribution in [2.45, 2.75) is 55.6 Å². The zero-order chi connectivity index (χ0) is 23.1. The highest BCUT2D eigenvalue weighted by molar-refractivity contribution is 9.10. The van der Waals surface area contributed by atoms with E-state index in [2.05, 4.69) is 26.1 Å². The molecule has 7 heteroatoms. The molecule has 1 aromatic carbocycles. The van der Waals surface area contributed by atoms with Crippen molar-refractivity contribution in [1.29, 1.82) is 0 Å². The Hall–Kier alpha value is -1.67. The molecule has 0 radical (unpaired) electrons. The lowest BCUT2D eigenvalue weighted by molar-refractivity contribution is -0.132. The molecule has 3 aliphatic rings. The van der Waals surface area contributed by atoms with Crippen molar-refractivity contribution in [2.24, 2.45) is 5.92 Å². The first kappa shape index (κ1) is 23.1. The fourth-order valence-electron chi connectivity index (χ4n) is 5.83. The molecule has 1 saturated heterocycles. The van der Waals surface area contributed by atoms with E-state index in [4.69, 9.17) is 0 Å². The highest BCUT2D eigenvalue weighted by Gasteiger charge is 2.57. The molecule has 5 rings (SSSR count). The van der Waals surface area contributed by atoms with Crippen LogP contribution in [0.5, 0.6) is 5.75 Å². The van der Waals surface area contributed by atoms with Gasteiger partial charge in [0.1, 0.15) is 5.75 Å². The molecule has 0 spiro atoms. The van der Waals surface area contributed by atoms with Gasteiger partial charge in [0.15, 0.2) is 0 Å². The van der Waals surface area contributed by atoms with E-state index in [1.807, 2.05) is 29.7 Å². The summed E-state index contributed by atoms with van der Waals surface area (Å²) < 4.78 is 1.01. The monoisotopic (exact) mass is 530 g/mol. The van der Waals surface area contributed by atoms with Crippen molar-refractivity contribution < 1.29 is 15.0 Å². The molecule has 0 bridgehead atoms. The number of fused-ring (bicyclic) bond motifs is 1. The Bertz CT molecular complexity index is 1050. The Morgan fingerprint density at radius 3 is 2.85 bits per heavy atom. The van der Waals surface area contributed by atoms with Gasteiger partial charge in [-0.2, -0.15) is 0 Å². The first-order valence-corrected chi connectivity index (χ1v) is 13.5. The molecule has 5 nitrogen and oxygen atoms in total. The van der Waals surface area contributed by atoms with Gasteiger partial charge in [-0.05, 0) is 96.8 Å². The number of halogens is 1. The predicted octanol–water partition coefficient (Wildman–Crippen LogP) is 4.68. The van der Waals surface area contributed by atoms with Gasteiger partial charge in [0.25, 0.3) is 0 Å². The fourth-order valence-corrected chi connectivity index (χ4v) is 7.17. The minimum absolute atomic E-state index is 0.0187. The second-order valence-electron chi connectivity index (χ2n) is 10.0. The number of thiophene rings is 1. The number of carbonyl (C=O) groups excluding carboxylic acids is 1. The van der Waals surface area contributed by atoms with Crippen LogP contribution in [0, 0.1) is 5.92 Å². The highest BCUT2D eigenvalue weighted by Crippen LogP contribution is 2.52. The van der Waals surface area contributed by atoms with Crippen molar-refractivity contribution in [2.75, 3.05) is 19.6 Å². The van der Waals surface area contributed by atoms with Gasteiger partial charge in [-0.15, -0.1) is 11.3 Å². The quantitative estimate of drug-likeness (QED) is 0.474. The Balaban J connectivity index is 1.35. The van der Waals surface area contributed by atoms with E-state index in [1.165, 1.54) is 12.8 Å². The highest BCUT2D eigenvalue weighted by atomic mass is 79.9. The number of likely N-dealkylation sites (tertiary alicyclic amines) is 1. The normalized spacial score (nSPS) is 30.3. The van der Waals surface area contributed by atoms with E-state index < -0.39 is 11.0 Å². The predicted molar refractivity (Wildman–Crippen MR) is 135 cm³/mol. The molecular formula is C26H31BrN2O3S. The lowest BCUT2D eigenvalue weighted by Gasteiger charge is -2.58. The number of rotatable bonds is 6. The summed E-state index contributed by atoms with van der Waals surface area (Å²) in [5.41, 5.74) is -0.368. The summed E-state index contributed by atoms with van der Waals surface area (Å²) in [5.74, 6) is 0.904. The van der Waals surface area contributed by atoms with Gasteiger partial charge in [0.2, 0.25) is 5.91 Å². The number of carbonyl (C=O) groups is 1. The number of β-amino-alcohol motifs (C(OH)–C–C–N with tert-alkyl or cyclic N) is 1. The maximum Gasteiger partial charge on any atom is 0.244 e. The van der Waals surface area contributed by atoms with Gasteiger partial charge in [0.05, 0.1) is 5.60 Å². The van der Waals surface area contributed by atoms with Gasteiger partial charge < -0.3 is 20.4 Å². The van der Waals surface area contributed by atoms with Crippen molar-refractivity contribution in [3.8, 4) is 5.75 Å². The summed E-state index contributed by atoms with van der Waals surface area (Å²) in [7, 11) is 0. The number of aliphatic hydroxyl groups is 1. The average molecular weight is 532 g/mol. The SMILES string of the molecule is O=C(C=Cc1cc(Br)cs1)N[C@@H]1CC[C@]2(O)CN(CC3CC3)CC[C@@]2(c2cccc(O)c2)C1. The molecule has 2 saturated carbocycles. The van der Waals surface area contributed by atoms with Crippen LogP contribution in [0.4, 0.5) is 0 Å². The van der Waals surface area contributed by atoms with E-state index in [0.29, 0.717) is 19.4 Å². The molecule has 3 N–H and O–H groups in total. The number of phenols is 1. The van der Waals surface area contributed by atoms with E-state index in [9.17, 15) is 15.0 Å². The van der Waals surface area contributed by atoms with Gasteiger partial charge in [-0.1, -0.05) is 12.1 Å². The molecule has 1 aromatic heterocycles. The smallest absolute Gasteiger partial charge is 0.244 e. The van der Waals surface area contributed by atoms with Crippen LogP contribution in [0.25, 0.3) is 6.08 Å². The molecule has 176 valence electrons. The van der Waals surface area contributed by atoms with E-state index in [0.717, 1.165) is 46.8 Å². The minimum atomic E-state index is -0.867. The summed E-state index contributed by atoms with van der Waals surface area (Å²) in [6.45, 7) is 2.66. The van der Waals surface area contributed by atoms with Crippen LogP contribution in [-0.2, 0) is 10.2 Å². The zero-order valence-corrected chi connectivity index (χ0v) is 21.1. The number of hydrogen-bond donors (Lipinski definition) is 3. The second kappa shape index (κ2) is 9.17. The van der Waals surface area contributed by atoms with Gasteiger partial charge in [-0.25, -0.2) is 0 Å². The molecule has 0 unspecified atom stereocenters. The molecule has 33 heavy (non-hydrogen) atoms. The van der Waals surface area contributed by atoms with Crippen LogP contribution in [0.15, 0.2) is 46.3 Å². The number of nitrogens with one attached hydrogen (secondary N) is 1. The van der Waals surface area contributed by atoms with Crippen molar-refractivity contribution in [3.63, 3.8) is 0 Å². The Labute approximate surface area is 207 Å². The maximum absolute atomic E-state index is 12.7. The topological polar surface area (TPSA) is 72.8 Å². The first-order valence-electron chi connectivity index (χ1n) is 11.8. The van der Waals surface area contributed by atoms with E-state index >= 15 is 0 Å². The lowest BCUT2D eigenvalue weighted by Crippen LogP contribution is -2.67. The van der Waals surface area contributed by atoms with Crippen molar-refractivity contribution >= 4 is 39.2 Å². The van der Waals surface area contributed by atoms with Crippen LogP contribution in [0.3, 0.4) is 0 Å². The average Bonchev–Trinajstić information content (AvgIpc) is 3.50. The Morgan fingerprint density at radius 2 is 2.12 bits per heavy atom. The third kappa shape index (κ3) is 4.92. The zero-order valence-electron chi connectivity index (χ0n) is 18.7. The maximum atomic E-state index is 12.7. The third-order valence-corrected chi connectivity index (χ3v) is 9.34. The Morgan fingerprint density at radius 1 is 1.27 bits per heavy atom. The summed E-state index contributed by atoms with van der Waals surface area (Å²) >= 11 is 5.02. The molecule has 1 amide bonds. The molecule has 2 aliphatic carbocycles. The number of benzene rings is 1. The van der Waals surface area contributed by atoms with E-state index in [-0.39, 0.29) is 17.7 Å². The van der Waals surface area contributed by atoms with Crippen molar-refractivity contribution in [1.82, 2.24) is 10.2 Å². The Kier molecular flexibility index (Phi) is 6.42. The first-order chi connectivity index (χ1) is 15.8. The minimum Gasteiger partial charge on any atom is -0.508 e. The summed E-state index contributed by atoms with van der Waals surface area (Å²) in [6, 6.07) is 9.34. The molecule has 1 aliphatic heterocycles. The number of aromatic hydroxyl groups is 1. The standard InChI is InChI=1S/C26H31BrN2O3S/c27-20-13-23(33-16-20)6-7-24(31)28-21-8-9-26(32)17-29(15-18-4-5-18)11-10-25(26,14-21)19-2-1-3-22(30)12-19/h1-3,6-7,12-13,16,18,21,30,32H,4-5,8-11,14-15,17H2,(H,28,31)/t21-,25+,26+/m1/s1. The van der Waals surface area contributed by atoms with Crippen LogP contribution < -0.4 is 5.32 Å². The number of hydrogen-bond acceptors (Lipinski definition) is 5. The van der Waals surface area contributed by atoms with Gasteiger partial charge >= 0.3 is 0 Å². The summed E-state index contributed by atoms with van der Waals surface area (Å²) in [4.78, 5) is 16.1. The number of amides is 1. The van der Waals surface area contributed by atoms with E-state index in [1.54, 1.807) is 29.5 Å². The van der Waals surface area contributed by atoms with Crippen LogP contribution in [-0.4, -0.2) is 52.3 Å². The second-order valence-corrected chi connectivity index (χ2v) is 11.9. The molecule has 3 atom stereocenters. The molecular weight excluding hydrogens is 500 g/mol. The summed E-state index contributed by atoms with van der Waals surface area (Å²) in [6.07, 6.45) is 8.92. The lowest BCUT2D eigenvalue weighted by atomic mass is 9.55. The van der Waals surface area contributed by atoms with Crippen LogP contribution >= 0.6 is 27.3 Å². The number of piperidine rings is 1. The fraction of sp³-hybridized carbons (Fsp3) is 0.500. The van der Waals surface area contributed by atoms with Crippen LogP contribution in [0.2, 0.25) is 0 Å². The number of phenolic OH excluding ortho intramolecular Hbond substituents is 1. The molecule has 2 aromatic rings. The van der Waals surface area contributed by atoms with Crippen LogP contribution in [0.1, 0.15) is 49.0 Å². The largest absolute Gasteiger partial charge is 0.508 e. The van der Waals surface area contributed by atoms with Gasteiger partial charge in [-0.3, -0.25) is 4.79 Å². The van der Waals surface area contributed by atoms with Crippen molar-refractivity contribution in [3.05, 3.63) is 56.7 Å².